The van der Waals surface area contributed by atoms with Gasteiger partial charge < -0.3 is 10.2 Å². The molecule has 0 aliphatic rings. The van der Waals surface area contributed by atoms with Gasteiger partial charge in [0.1, 0.15) is 17.4 Å². The Kier molecular flexibility index (Phi) is 3.74. The third kappa shape index (κ3) is 2.57. The maximum absolute atomic E-state index is 5.75. The number of nitrogens with zero attached hydrogens (tertiary/aromatic N) is 2. The zero-order valence-corrected chi connectivity index (χ0v) is 10.5. The summed E-state index contributed by atoms with van der Waals surface area (Å²) >= 11 is 0. The van der Waals surface area contributed by atoms with E-state index in [4.69, 9.17) is 10.6 Å². The van der Waals surface area contributed by atoms with Crippen molar-refractivity contribution in [3.05, 3.63) is 41.7 Å². The fourth-order valence-electron chi connectivity index (χ4n) is 1.54. The van der Waals surface area contributed by atoms with Crippen molar-refractivity contribution in [2.75, 3.05) is 5.43 Å². The van der Waals surface area contributed by atoms with Crippen LogP contribution in [0, 0.1) is 6.92 Å². The Bertz CT molecular complexity index is 528. The van der Waals surface area contributed by atoms with Crippen molar-refractivity contribution in [2.24, 2.45) is 5.84 Å². The molecule has 2 aromatic rings. The van der Waals surface area contributed by atoms with E-state index in [0.717, 1.165) is 17.7 Å². The average Bonchev–Trinajstić information content (AvgIpc) is 2.42. The highest BCUT2D eigenvalue weighted by molar-refractivity contribution is 5.48. The van der Waals surface area contributed by atoms with Crippen molar-refractivity contribution in [1.82, 2.24) is 9.97 Å². The number of ether oxygens (including phenoxy) is 1. The Labute approximate surface area is 106 Å². The van der Waals surface area contributed by atoms with E-state index in [1.807, 2.05) is 44.2 Å². The number of nitrogen functional groups attached to an aromatic ring is 1. The number of aryl methyl sites for hydroxylation is 1. The predicted octanol–water partition coefficient (Wildman–Crippen LogP) is 2.43. The molecule has 0 amide bonds. The van der Waals surface area contributed by atoms with Gasteiger partial charge >= 0.3 is 0 Å². The molecule has 0 aliphatic heterocycles. The van der Waals surface area contributed by atoms with Gasteiger partial charge in [-0.05, 0) is 19.1 Å². The van der Waals surface area contributed by atoms with Crippen molar-refractivity contribution in [2.45, 2.75) is 20.3 Å². The zero-order chi connectivity index (χ0) is 13.0. The molecule has 1 aromatic carbocycles. The summed E-state index contributed by atoms with van der Waals surface area (Å²) in [6.45, 7) is 3.85. The molecule has 0 radical (unpaired) electrons. The summed E-state index contributed by atoms with van der Waals surface area (Å²) < 4.78 is 5.75. The largest absolute Gasteiger partial charge is 0.439 e. The minimum atomic E-state index is 0.529. The molecule has 0 unspecified atom stereocenters. The number of hydrogen-bond donors (Lipinski definition) is 2. The van der Waals surface area contributed by atoms with Crippen LogP contribution in [-0.4, -0.2) is 9.97 Å². The summed E-state index contributed by atoms with van der Waals surface area (Å²) in [5.41, 5.74) is 3.36. The minimum absolute atomic E-state index is 0.529. The molecule has 94 valence electrons. The highest BCUT2D eigenvalue weighted by atomic mass is 16.5. The average molecular weight is 244 g/mol. The molecule has 5 heteroatoms. The number of benzene rings is 1. The maximum atomic E-state index is 5.75. The summed E-state index contributed by atoms with van der Waals surface area (Å²) in [5, 5.41) is 0. The molecule has 0 aliphatic carbocycles. The van der Waals surface area contributed by atoms with E-state index in [9.17, 15) is 0 Å². The van der Waals surface area contributed by atoms with Crippen molar-refractivity contribution in [1.29, 1.82) is 0 Å². The van der Waals surface area contributed by atoms with Gasteiger partial charge in [0, 0.05) is 6.42 Å². The molecule has 1 aromatic heterocycles. The van der Waals surface area contributed by atoms with Gasteiger partial charge in [0.05, 0.1) is 5.56 Å². The first-order valence-electron chi connectivity index (χ1n) is 5.81. The van der Waals surface area contributed by atoms with Gasteiger partial charge in [-0.15, -0.1) is 0 Å². The number of hydrogen-bond acceptors (Lipinski definition) is 5. The summed E-state index contributed by atoms with van der Waals surface area (Å²) in [4.78, 5) is 8.65. The number of para-hydroxylation sites is 1. The monoisotopic (exact) mass is 244 g/mol. The lowest BCUT2D eigenvalue weighted by Gasteiger charge is -2.12. The Morgan fingerprint density at radius 1 is 1.22 bits per heavy atom. The molecule has 3 N–H and O–H groups in total. The SMILES string of the molecule is CCc1nc(NN)c(C)c(Oc2ccccc2)n1. The summed E-state index contributed by atoms with van der Waals surface area (Å²) in [6, 6.07) is 9.51. The molecule has 0 atom stereocenters. The van der Waals surface area contributed by atoms with Crippen molar-refractivity contribution >= 4 is 5.82 Å². The molecule has 0 saturated heterocycles. The Balaban J connectivity index is 2.37. The van der Waals surface area contributed by atoms with E-state index in [1.54, 1.807) is 0 Å². The second-order valence-electron chi connectivity index (χ2n) is 3.83. The van der Waals surface area contributed by atoms with Crippen LogP contribution in [0.25, 0.3) is 0 Å². The Morgan fingerprint density at radius 3 is 2.56 bits per heavy atom. The number of anilines is 1. The first kappa shape index (κ1) is 12.3. The van der Waals surface area contributed by atoms with Gasteiger partial charge in [0.2, 0.25) is 5.88 Å². The summed E-state index contributed by atoms with van der Waals surface area (Å²) in [7, 11) is 0. The molecule has 18 heavy (non-hydrogen) atoms. The van der Waals surface area contributed by atoms with Gasteiger partial charge in [0.25, 0.3) is 0 Å². The maximum Gasteiger partial charge on any atom is 0.227 e. The summed E-state index contributed by atoms with van der Waals surface area (Å²) in [5.74, 6) is 7.99. The van der Waals surface area contributed by atoms with Crippen molar-refractivity contribution in [3.8, 4) is 11.6 Å². The molecular weight excluding hydrogens is 228 g/mol. The topological polar surface area (TPSA) is 73.1 Å². The van der Waals surface area contributed by atoms with Crippen LogP contribution < -0.4 is 16.0 Å². The van der Waals surface area contributed by atoms with E-state index in [2.05, 4.69) is 15.4 Å². The molecule has 1 heterocycles. The minimum Gasteiger partial charge on any atom is -0.439 e. The van der Waals surface area contributed by atoms with Crippen molar-refractivity contribution in [3.63, 3.8) is 0 Å². The van der Waals surface area contributed by atoms with Crippen LogP contribution in [0.5, 0.6) is 11.6 Å². The molecule has 0 fully saturated rings. The third-order valence-electron chi connectivity index (χ3n) is 2.56. The molecule has 0 bridgehead atoms. The van der Waals surface area contributed by atoms with E-state index in [0.29, 0.717) is 17.5 Å². The molecule has 2 rings (SSSR count). The highest BCUT2D eigenvalue weighted by Crippen LogP contribution is 2.26. The van der Waals surface area contributed by atoms with E-state index >= 15 is 0 Å². The van der Waals surface area contributed by atoms with Crippen LogP contribution in [0.4, 0.5) is 5.82 Å². The zero-order valence-electron chi connectivity index (χ0n) is 10.5. The highest BCUT2D eigenvalue weighted by Gasteiger charge is 2.11. The molecule has 0 spiro atoms. The second kappa shape index (κ2) is 5.46. The van der Waals surface area contributed by atoms with Gasteiger partial charge in [-0.2, -0.15) is 4.98 Å². The fraction of sp³-hybridized carbons (Fsp3) is 0.231. The molecular formula is C13H16N4O. The summed E-state index contributed by atoms with van der Waals surface area (Å²) in [6.07, 6.45) is 0.722. The molecule has 5 nitrogen and oxygen atoms in total. The number of nitrogens with one attached hydrogen (secondary N) is 1. The number of rotatable bonds is 4. The van der Waals surface area contributed by atoms with E-state index in [-0.39, 0.29) is 0 Å². The van der Waals surface area contributed by atoms with Gasteiger partial charge in [-0.25, -0.2) is 10.8 Å². The van der Waals surface area contributed by atoms with Crippen LogP contribution in [0.3, 0.4) is 0 Å². The Morgan fingerprint density at radius 2 is 1.94 bits per heavy atom. The van der Waals surface area contributed by atoms with Gasteiger partial charge in [-0.3, -0.25) is 0 Å². The lowest BCUT2D eigenvalue weighted by Crippen LogP contribution is -2.13. The smallest absolute Gasteiger partial charge is 0.227 e. The van der Waals surface area contributed by atoms with Crippen LogP contribution >= 0.6 is 0 Å². The number of hydrazine groups is 1. The van der Waals surface area contributed by atoms with Crippen LogP contribution in [0.1, 0.15) is 18.3 Å². The van der Waals surface area contributed by atoms with E-state index in [1.165, 1.54) is 0 Å². The van der Waals surface area contributed by atoms with Crippen LogP contribution in [0.15, 0.2) is 30.3 Å². The van der Waals surface area contributed by atoms with Gasteiger partial charge in [0.15, 0.2) is 0 Å². The van der Waals surface area contributed by atoms with Gasteiger partial charge in [-0.1, -0.05) is 25.1 Å². The fourth-order valence-corrected chi connectivity index (χ4v) is 1.54. The predicted molar refractivity (Wildman–Crippen MR) is 70.5 cm³/mol. The number of nitrogens with two attached hydrogens (primary N) is 1. The lowest BCUT2D eigenvalue weighted by atomic mass is 10.3. The van der Waals surface area contributed by atoms with Crippen LogP contribution in [0.2, 0.25) is 0 Å². The first-order valence-corrected chi connectivity index (χ1v) is 5.81. The van der Waals surface area contributed by atoms with Crippen LogP contribution in [-0.2, 0) is 6.42 Å². The quantitative estimate of drug-likeness (QED) is 0.638. The third-order valence-corrected chi connectivity index (χ3v) is 2.56. The normalized spacial score (nSPS) is 10.2. The standard InChI is InChI=1S/C13H16N4O/c1-3-11-15-12(17-14)9(2)13(16-11)18-10-7-5-4-6-8-10/h4-8H,3,14H2,1-2H3,(H,15,16,17). The Hall–Kier alpha value is -2.14. The lowest BCUT2D eigenvalue weighted by molar-refractivity contribution is 0.455. The molecule has 0 saturated carbocycles. The van der Waals surface area contributed by atoms with Crippen molar-refractivity contribution < 1.29 is 4.74 Å². The number of aromatic nitrogens is 2. The van der Waals surface area contributed by atoms with E-state index < -0.39 is 0 Å². The first-order chi connectivity index (χ1) is 8.74. The second-order valence-corrected chi connectivity index (χ2v) is 3.83.